The van der Waals surface area contributed by atoms with Gasteiger partial charge in [-0.15, -0.1) is 0 Å². The molecule has 0 bridgehead atoms. The third-order valence-corrected chi connectivity index (χ3v) is 9.35. The van der Waals surface area contributed by atoms with Gasteiger partial charge in [0.1, 0.15) is 0 Å². The Labute approximate surface area is 159 Å². The lowest BCUT2D eigenvalue weighted by Crippen LogP contribution is -2.57. The topological polar surface area (TPSA) is 53.2 Å². The second-order valence-corrected chi connectivity index (χ2v) is 10.4. The molecular formula is C23H37NO2. The van der Waals surface area contributed by atoms with Crippen molar-refractivity contribution in [3.8, 4) is 6.07 Å². The van der Waals surface area contributed by atoms with Crippen LogP contribution in [0.3, 0.4) is 0 Å². The van der Waals surface area contributed by atoms with Gasteiger partial charge in [-0.1, -0.05) is 20.8 Å². The monoisotopic (exact) mass is 359 g/mol. The lowest BCUT2D eigenvalue weighted by atomic mass is 9.44. The molecule has 0 aromatic heterocycles. The fourth-order valence-electron chi connectivity index (χ4n) is 7.90. The molecule has 3 heteroatoms. The van der Waals surface area contributed by atoms with E-state index in [4.69, 9.17) is 4.74 Å². The Hall–Kier alpha value is -0.590. The molecule has 4 aliphatic rings. The number of aliphatic hydroxyl groups is 1. The van der Waals surface area contributed by atoms with Crippen molar-refractivity contribution >= 4 is 0 Å². The summed E-state index contributed by atoms with van der Waals surface area (Å²) in [6, 6.07) is 2.65. The average Bonchev–Trinajstić information content (AvgIpc) is 2.97. The van der Waals surface area contributed by atoms with E-state index in [-0.39, 0.29) is 23.5 Å². The maximum absolute atomic E-state index is 10.6. The molecule has 0 amide bonds. The minimum atomic E-state index is -0.278. The zero-order valence-corrected chi connectivity index (χ0v) is 16.9. The summed E-state index contributed by atoms with van der Waals surface area (Å²) in [6.07, 6.45) is 10.2. The number of aliphatic hydroxyl groups excluding tert-OH is 1. The molecule has 0 heterocycles. The summed E-state index contributed by atoms with van der Waals surface area (Å²) >= 11 is 0. The number of nitriles is 1. The maximum Gasteiger partial charge on any atom is 0.0839 e. The molecular weight excluding hydrogens is 322 g/mol. The van der Waals surface area contributed by atoms with Crippen LogP contribution in [-0.4, -0.2) is 23.9 Å². The standard InChI is InChI=1S/C23H37NO2/c1-4-11-26-21-13-23(3)15(12-20(21)25)5-7-17-18-8-6-16(14-24)22(18,2)10-9-19(17)23/h15-21,25H,4-13H2,1-3H3/t15-,16+,17-,18-,19-,20-,21-,22+,23-/m0/s1. The van der Waals surface area contributed by atoms with E-state index in [1.54, 1.807) is 0 Å². The van der Waals surface area contributed by atoms with E-state index in [0.29, 0.717) is 11.3 Å². The highest BCUT2D eigenvalue weighted by Gasteiger charge is 2.61. The summed E-state index contributed by atoms with van der Waals surface area (Å²) < 4.78 is 6.09. The highest BCUT2D eigenvalue weighted by molar-refractivity contribution is 5.13. The first-order chi connectivity index (χ1) is 12.4. The van der Waals surface area contributed by atoms with Gasteiger partial charge in [0.05, 0.1) is 24.2 Å². The van der Waals surface area contributed by atoms with E-state index >= 15 is 0 Å². The lowest BCUT2D eigenvalue weighted by Gasteiger charge is -2.61. The predicted octanol–water partition coefficient (Wildman–Crippen LogP) is 4.93. The average molecular weight is 360 g/mol. The van der Waals surface area contributed by atoms with Gasteiger partial charge in [0.15, 0.2) is 0 Å². The first kappa shape index (κ1) is 18.8. The molecule has 0 aromatic rings. The summed E-state index contributed by atoms with van der Waals surface area (Å²) in [6.45, 7) is 7.84. The SMILES string of the molecule is CCCO[C@H]1C[C@@]2(C)[C@@H](CC[C@@H]3[C@@H]2CC[C@]2(C)[C@@H](C#N)CC[C@@H]32)C[C@@H]1O. The minimum Gasteiger partial charge on any atom is -0.390 e. The van der Waals surface area contributed by atoms with Gasteiger partial charge >= 0.3 is 0 Å². The van der Waals surface area contributed by atoms with Crippen molar-refractivity contribution in [2.24, 2.45) is 40.4 Å². The number of fused-ring (bicyclic) bond motifs is 5. The van der Waals surface area contributed by atoms with E-state index in [1.807, 2.05) is 0 Å². The molecule has 26 heavy (non-hydrogen) atoms. The van der Waals surface area contributed by atoms with Crippen molar-refractivity contribution in [3.05, 3.63) is 0 Å². The molecule has 0 saturated heterocycles. The Morgan fingerprint density at radius 1 is 1.08 bits per heavy atom. The molecule has 4 rings (SSSR count). The van der Waals surface area contributed by atoms with Gasteiger partial charge in [-0.25, -0.2) is 0 Å². The van der Waals surface area contributed by atoms with Crippen LogP contribution in [0, 0.1) is 51.8 Å². The molecule has 146 valence electrons. The van der Waals surface area contributed by atoms with Crippen molar-refractivity contribution < 1.29 is 9.84 Å². The van der Waals surface area contributed by atoms with Crippen LogP contribution in [0.4, 0.5) is 0 Å². The van der Waals surface area contributed by atoms with Crippen LogP contribution in [-0.2, 0) is 4.74 Å². The number of rotatable bonds is 3. The second kappa shape index (κ2) is 6.78. The number of hydrogen-bond donors (Lipinski definition) is 1. The van der Waals surface area contributed by atoms with Crippen molar-refractivity contribution in [1.29, 1.82) is 5.26 Å². The third-order valence-electron chi connectivity index (χ3n) is 9.35. The quantitative estimate of drug-likeness (QED) is 0.777. The van der Waals surface area contributed by atoms with E-state index in [0.717, 1.165) is 50.0 Å². The molecule has 3 nitrogen and oxygen atoms in total. The third kappa shape index (κ3) is 2.67. The van der Waals surface area contributed by atoms with Gasteiger partial charge in [-0.2, -0.15) is 5.26 Å². The van der Waals surface area contributed by atoms with E-state index in [9.17, 15) is 10.4 Å². The van der Waals surface area contributed by atoms with Crippen LogP contribution in [0.25, 0.3) is 0 Å². The van der Waals surface area contributed by atoms with Crippen LogP contribution in [0.1, 0.15) is 78.6 Å². The van der Waals surface area contributed by atoms with E-state index in [1.165, 1.54) is 32.1 Å². The number of ether oxygens (including phenoxy) is 1. The molecule has 0 spiro atoms. The zero-order chi connectivity index (χ0) is 18.5. The molecule has 4 aliphatic carbocycles. The Morgan fingerprint density at radius 2 is 1.85 bits per heavy atom. The van der Waals surface area contributed by atoms with Crippen LogP contribution >= 0.6 is 0 Å². The molecule has 0 unspecified atom stereocenters. The van der Waals surface area contributed by atoms with Gasteiger partial charge in [0.25, 0.3) is 0 Å². The van der Waals surface area contributed by atoms with Crippen LogP contribution in [0.2, 0.25) is 0 Å². The zero-order valence-electron chi connectivity index (χ0n) is 16.9. The summed E-state index contributed by atoms with van der Waals surface area (Å²) in [4.78, 5) is 0. The summed E-state index contributed by atoms with van der Waals surface area (Å²) in [5, 5.41) is 20.3. The van der Waals surface area contributed by atoms with Crippen molar-refractivity contribution in [3.63, 3.8) is 0 Å². The molecule has 0 radical (unpaired) electrons. The molecule has 9 atom stereocenters. The number of hydrogen-bond acceptors (Lipinski definition) is 3. The lowest BCUT2D eigenvalue weighted by molar-refractivity contribution is -0.171. The van der Waals surface area contributed by atoms with Gasteiger partial charge in [-0.05, 0) is 92.3 Å². The Bertz CT molecular complexity index is 571. The Balaban J connectivity index is 1.57. The van der Waals surface area contributed by atoms with Crippen LogP contribution in [0.5, 0.6) is 0 Å². The van der Waals surface area contributed by atoms with Crippen LogP contribution in [0.15, 0.2) is 0 Å². The molecule has 0 aliphatic heterocycles. The largest absolute Gasteiger partial charge is 0.390 e. The van der Waals surface area contributed by atoms with E-state index in [2.05, 4.69) is 26.8 Å². The minimum absolute atomic E-state index is 0.0266. The van der Waals surface area contributed by atoms with E-state index < -0.39 is 0 Å². The van der Waals surface area contributed by atoms with Crippen LogP contribution < -0.4 is 0 Å². The normalized spacial score (nSPS) is 53.3. The van der Waals surface area contributed by atoms with Gasteiger partial charge < -0.3 is 9.84 Å². The molecule has 4 saturated carbocycles. The van der Waals surface area contributed by atoms with Gasteiger partial charge in [0, 0.05) is 6.61 Å². The first-order valence-corrected chi connectivity index (χ1v) is 11.1. The predicted molar refractivity (Wildman–Crippen MR) is 102 cm³/mol. The highest BCUT2D eigenvalue weighted by atomic mass is 16.5. The fraction of sp³-hybridized carbons (Fsp3) is 0.957. The summed E-state index contributed by atoms with van der Waals surface area (Å²) in [5.74, 6) is 3.21. The second-order valence-electron chi connectivity index (χ2n) is 10.4. The summed E-state index contributed by atoms with van der Waals surface area (Å²) in [7, 11) is 0. The maximum atomic E-state index is 10.6. The first-order valence-electron chi connectivity index (χ1n) is 11.1. The molecule has 0 aromatic carbocycles. The van der Waals surface area contributed by atoms with Crippen molar-refractivity contribution in [1.82, 2.24) is 0 Å². The van der Waals surface area contributed by atoms with Crippen molar-refractivity contribution in [2.45, 2.75) is 90.8 Å². The smallest absolute Gasteiger partial charge is 0.0839 e. The molecule has 4 fully saturated rings. The number of nitrogens with zero attached hydrogens (tertiary/aromatic N) is 1. The van der Waals surface area contributed by atoms with Gasteiger partial charge in [0.2, 0.25) is 0 Å². The van der Waals surface area contributed by atoms with Gasteiger partial charge in [-0.3, -0.25) is 0 Å². The molecule has 1 N–H and O–H groups in total. The summed E-state index contributed by atoms with van der Waals surface area (Å²) in [5.41, 5.74) is 0.567. The highest BCUT2D eigenvalue weighted by Crippen LogP contribution is 2.67. The van der Waals surface area contributed by atoms with Crippen molar-refractivity contribution in [2.75, 3.05) is 6.61 Å². The Kier molecular flexibility index (Phi) is 4.89. The Morgan fingerprint density at radius 3 is 2.58 bits per heavy atom. The fourth-order valence-corrected chi connectivity index (χ4v) is 7.90.